The molecule has 0 bridgehead atoms. The van der Waals surface area contributed by atoms with Gasteiger partial charge in [0, 0.05) is 19.6 Å². The average molecular weight is 289 g/mol. The second-order valence-electron chi connectivity index (χ2n) is 5.87. The van der Waals surface area contributed by atoms with Crippen molar-refractivity contribution in [3.8, 4) is 0 Å². The molecular formula is C13H23NO4S. The molecule has 1 heterocycles. The molecule has 2 fully saturated rings. The van der Waals surface area contributed by atoms with Crippen LogP contribution in [0.25, 0.3) is 0 Å². The van der Waals surface area contributed by atoms with Crippen LogP contribution in [0.4, 0.5) is 0 Å². The highest BCUT2D eigenvalue weighted by Crippen LogP contribution is 2.32. The zero-order valence-corrected chi connectivity index (χ0v) is 12.4. The third kappa shape index (κ3) is 4.45. The third-order valence-electron chi connectivity index (χ3n) is 4.09. The van der Waals surface area contributed by atoms with Gasteiger partial charge < -0.3 is 9.64 Å². The lowest BCUT2D eigenvalue weighted by molar-refractivity contribution is -0.157. The van der Waals surface area contributed by atoms with Gasteiger partial charge in [-0.1, -0.05) is 0 Å². The van der Waals surface area contributed by atoms with Crippen LogP contribution < -0.4 is 0 Å². The fraction of sp³-hybridized carbons (Fsp3) is 0.923. The van der Waals surface area contributed by atoms with E-state index in [9.17, 15) is 13.2 Å². The Balaban J connectivity index is 1.69. The van der Waals surface area contributed by atoms with E-state index < -0.39 is 9.84 Å². The summed E-state index contributed by atoms with van der Waals surface area (Å²) < 4.78 is 28.1. The van der Waals surface area contributed by atoms with E-state index in [0.29, 0.717) is 26.1 Å². The monoisotopic (exact) mass is 289 g/mol. The molecule has 0 amide bonds. The van der Waals surface area contributed by atoms with E-state index in [1.807, 2.05) is 11.8 Å². The molecule has 0 unspecified atom stereocenters. The minimum absolute atomic E-state index is 0.155. The number of esters is 1. The molecule has 0 aromatic heterocycles. The molecule has 5 nitrogen and oxygen atoms in total. The van der Waals surface area contributed by atoms with Crippen LogP contribution in [0.5, 0.6) is 0 Å². The van der Waals surface area contributed by atoms with Gasteiger partial charge in [-0.3, -0.25) is 4.79 Å². The van der Waals surface area contributed by atoms with Gasteiger partial charge in [-0.05, 0) is 32.6 Å². The van der Waals surface area contributed by atoms with Crippen LogP contribution in [-0.4, -0.2) is 56.0 Å². The minimum atomic E-state index is -2.84. The summed E-state index contributed by atoms with van der Waals surface area (Å²) in [7, 11) is -2.84. The van der Waals surface area contributed by atoms with Crippen molar-refractivity contribution < 1.29 is 17.9 Å². The highest BCUT2D eigenvalue weighted by molar-refractivity contribution is 7.91. The molecule has 1 saturated heterocycles. The zero-order valence-electron chi connectivity index (χ0n) is 11.6. The molecule has 1 aliphatic heterocycles. The summed E-state index contributed by atoms with van der Waals surface area (Å²) in [5, 5.41) is 0. The van der Waals surface area contributed by atoms with Crippen molar-refractivity contribution in [2.24, 2.45) is 0 Å². The smallest absolute Gasteiger partial charge is 0.307 e. The highest BCUT2D eigenvalue weighted by Gasteiger charge is 2.32. The van der Waals surface area contributed by atoms with Gasteiger partial charge in [-0.2, -0.15) is 0 Å². The molecule has 0 spiro atoms. The summed E-state index contributed by atoms with van der Waals surface area (Å²) in [6.07, 6.45) is 4.54. The molecule has 0 aromatic rings. The summed E-state index contributed by atoms with van der Waals surface area (Å²) in [6, 6.07) is 0. The Morgan fingerprint density at radius 2 is 1.79 bits per heavy atom. The molecule has 2 aliphatic rings. The Bertz CT molecular complexity index is 412. The molecule has 1 saturated carbocycles. The van der Waals surface area contributed by atoms with Crippen LogP contribution in [0.1, 0.15) is 39.0 Å². The first-order valence-electron chi connectivity index (χ1n) is 7.03. The summed E-state index contributed by atoms with van der Waals surface area (Å²) >= 11 is 0. The van der Waals surface area contributed by atoms with Gasteiger partial charge in [0.05, 0.1) is 17.9 Å². The number of hydrogen-bond donors (Lipinski definition) is 0. The Kier molecular flexibility index (Phi) is 4.50. The second-order valence-corrected chi connectivity index (χ2v) is 8.18. The second kappa shape index (κ2) is 5.79. The van der Waals surface area contributed by atoms with Crippen LogP contribution in [-0.2, 0) is 19.4 Å². The highest BCUT2D eigenvalue weighted by atomic mass is 32.2. The lowest BCUT2D eigenvalue weighted by Crippen LogP contribution is -2.41. The number of carbonyl (C=O) groups is 1. The maximum atomic E-state index is 11.8. The molecular weight excluding hydrogens is 266 g/mol. The number of nitrogens with zero attached hydrogens (tertiary/aromatic N) is 1. The number of carbonyl (C=O) groups excluding carboxylic acids is 1. The first-order chi connectivity index (χ1) is 8.89. The van der Waals surface area contributed by atoms with Crippen molar-refractivity contribution in [3.63, 3.8) is 0 Å². The fourth-order valence-electron chi connectivity index (χ4n) is 2.77. The van der Waals surface area contributed by atoms with Crippen molar-refractivity contribution >= 4 is 15.8 Å². The maximum Gasteiger partial charge on any atom is 0.307 e. The molecule has 2 rings (SSSR count). The lowest BCUT2D eigenvalue weighted by Gasteiger charge is -2.27. The largest absolute Gasteiger partial charge is 0.459 e. The van der Waals surface area contributed by atoms with Gasteiger partial charge in [0.1, 0.15) is 5.60 Å². The maximum absolute atomic E-state index is 11.8. The zero-order chi connectivity index (χ0) is 13.9. The van der Waals surface area contributed by atoms with Gasteiger partial charge >= 0.3 is 5.97 Å². The average Bonchev–Trinajstić information content (AvgIpc) is 2.74. The normalized spacial score (nSPS) is 26.2. The molecule has 110 valence electrons. The molecule has 0 aromatic carbocycles. The molecule has 0 atom stereocenters. The van der Waals surface area contributed by atoms with E-state index in [4.69, 9.17) is 4.74 Å². The predicted octanol–water partition coefficient (Wildman–Crippen LogP) is 0.983. The van der Waals surface area contributed by atoms with E-state index in [1.54, 1.807) is 0 Å². The summed E-state index contributed by atoms with van der Waals surface area (Å²) in [4.78, 5) is 13.8. The lowest BCUT2D eigenvalue weighted by atomic mass is 10.1. The number of ether oxygens (including phenoxy) is 1. The van der Waals surface area contributed by atoms with Crippen molar-refractivity contribution in [2.75, 3.05) is 31.1 Å². The van der Waals surface area contributed by atoms with E-state index in [1.165, 1.54) is 0 Å². The first-order valence-corrected chi connectivity index (χ1v) is 8.85. The SMILES string of the molecule is CC1(OC(=O)CCN2CCS(=O)(=O)CC2)CCCC1. The Hall–Kier alpha value is -0.620. The number of hydrogen-bond acceptors (Lipinski definition) is 5. The molecule has 0 N–H and O–H groups in total. The Labute approximate surface area is 115 Å². The van der Waals surface area contributed by atoms with Crippen molar-refractivity contribution in [3.05, 3.63) is 0 Å². The number of rotatable bonds is 4. The Morgan fingerprint density at radius 1 is 1.21 bits per heavy atom. The summed E-state index contributed by atoms with van der Waals surface area (Å²) in [5.74, 6) is 0.261. The third-order valence-corrected chi connectivity index (χ3v) is 5.70. The molecule has 19 heavy (non-hydrogen) atoms. The van der Waals surface area contributed by atoms with Gasteiger partial charge in [-0.15, -0.1) is 0 Å². The van der Waals surface area contributed by atoms with Crippen molar-refractivity contribution in [2.45, 2.75) is 44.6 Å². The number of sulfone groups is 1. The van der Waals surface area contributed by atoms with Crippen LogP contribution in [0.2, 0.25) is 0 Å². The summed E-state index contributed by atoms with van der Waals surface area (Å²) in [6.45, 7) is 3.68. The van der Waals surface area contributed by atoms with E-state index in [2.05, 4.69) is 0 Å². The van der Waals surface area contributed by atoms with Gasteiger partial charge in [0.25, 0.3) is 0 Å². The van der Waals surface area contributed by atoms with E-state index in [-0.39, 0.29) is 23.1 Å². The topological polar surface area (TPSA) is 63.7 Å². The van der Waals surface area contributed by atoms with Crippen LogP contribution in [0, 0.1) is 0 Å². The van der Waals surface area contributed by atoms with Crippen molar-refractivity contribution in [1.29, 1.82) is 0 Å². The first kappa shape index (κ1) is 14.8. The standard InChI is InChI=1S/C13H23NO4S/c1-13(5-2-3-6-13)18-12(15)4-7-14-8-10-19(16,17)11-9-14/h2-11H2,1H3. The Morgan fingerprint density at radius 3 is 2.37 bits per heavy atom. The van der Waals surface area contributed by atoms with Crippen LogP contribution in [0.3, 0.4) is 0 Å². The predicted molar refractivity (Wildman–Crippen MR) is 72.7 cm³/mol. The van der Waals surface area contributed by atoms with Crippen molar-refractivity contribution in [1.82, 2.24) is 4.90 Å². The molecule has 6 heteroatoms. The quantitative estimate of drug-likeness (QED) is 0.722. The van der Waals surface area contributed by atoms with Crippen LogP contribution >= 0.6 is 0 Å². The van der Waals surface area contributed by atoms with Gasteiger partial charge in [0.2, 0.25) is 0 Å². The molecule has 0 radical (unpaired) electrons. The van der Waals surface area contributed by atoms with Gasteiger partial charge in [-0.25, -0.2) is 8.42 Å². The van der Waals surface area contributed by atoms with E-state index >= 15 is 0 Å². The summed E-state index contributed by atoms with van der Waals surface area (Å²) in [5.41, 5.74) is -0.262. The molecule has 1 aliphatic carbocycles. The van der Waals surface area contributed by atoms with Crippen LogP contribution in [0.15, 0.2) is 0 Å². The minimum Gasteiger partial charge on any atom is -0.459 e. The fourth-order valence-corrected chi connectivity index (χ4v) is 4.05. The van der Waals surface area contributed by atoms with Gasteiger partial charge in [0.15, 0.2) is 9.84 Å². The van der Waals surface area contributed by atoms with E-state index in [0.717, 1.165) is 25.7 Å².